The normalized spacial score (nSPS) is 10.9. The third kappa shape index (κ3) is 5.27. The van der Waals surface area contributed by atoms with E-state index in [1.807, 2.05) is 0 Å². The summed E-state index contributed by atoms with van der Waals surface area (Å²) in [5.41, 5.74) is 7.10. The van der Waals surface area contributed by atoms with Gasteiger partial charge in [0.2, 0.25) is 0 Å². The third-order valence-electron chi connectivity index (χ3n) is 4.94. The highest BCUT2D eigenvalue weighted by Crippen LogP contribution is 2.31. The van der Waals surface area contributed by atoms with Gasteiger partial charge in [0, 0.05) is 17.7 Å². The predicted molar refractivity (Wildman–Crippen MR) is 116 cm³/mol. The molecule has 1 heterocycles. The molecule has 0 aliphatic rings. The van der Waals surface area contributed by atoms with Gasteiger partial charge in [0.05, 0.1) is 11.4 Å². The van der Waals surface area contributed by atoms with Gasteiger partial charge in [0.1, 0.15) is 0 Å². The van der Waals surface area contributed by atoms with Crippen molar-refractivity contribution in [3.05, 3.63) is 78.0 Å². The summed E-state index contributed by atoms with van der Waals surface area (Å²) in [6.45, 7) is 6.29. The van der Waals surface area contributed by atoms with E-state index in [1.165, 1.54) is 41.5 Å². The van der Waals surface area contributed by atoms with Crippen molar-refractivity contribution in [1.29, 1.82) is 0 Å². The highest BCUT2D eigenvalue weighted by Gasteiger charge is 2.10. The molecule has 0 aliphatic carbocycles. The summed E-state index contributed by atoms with van der Waals surface area (Å²) in [6.07, 6.45) is 4.82. The Bertz CT molecular complexity index is 823. The van der Waals surface area contributed by atoms with E-state index in [9.17, 15) is 0 Å². The molecule has 27 heavy (non-hydrogen) atoms. The van der Waals surface area contributed by atoms with Crippen LogP contribution in [0.2, 0.25) is 0 Å². The lowest BCUT2D eigenvalue weighted by Crippen LogP contribution is -2.15. The molecule has 2 aromatic carbocycles. The molecule has 0 saturated heterocycles. The molecule has 0 aliphatic heterocycles. The summed E-state index contributed by atoms with van der Waals surface area (Å²) >= 11 is 0. The molecular formula is C25H30N2. The minimum absolute atomic E-state index is 0.818. The maximum absolute atomic E-state index is 5.02. The Balaban J connectivity index is 1.88. The van der Waals surface area contributed by atoms with Crippen LogP contribution in [0, 0.1) is 0 Å². The zero-order valence-corrected chi connectivity index (χ0v) is 16.5. The topological polar surface area (TPSA) is 24.9 Å². The first-order valence-corrected chi connectivity index (χ1v) is 10.2. The molecule has 1 aromatic heterocycles. The Kier molecular flexibility index (Phi) is 7.18. The number of aryl methyl sites for hydroxylation is 1. The lowest BCUT2D eigenvalue weighted by atomic mass is 9.97. The van der Waals surface area contributed by atoms with Crippen LogP contribution >= 0.6 is 0 Å². The highest BCUT2D eigenvalue weighted by atomic mass is 14.9. The number of benzene rings is 2. The van der Waals surface area contributed by atoms with Gasteiger partial charge in [-0.15, -0.1) is 0 Å². The van der Waals surface area contributed by atoms with Gasteiger partial charge in [-0.3, -0.25) is 4.98 Å². The summed E-state index contributed by atoms with van der Waals surface area (Å²) in [6, 6.07) is 23.7. The maximum atomic E-state index is 5.02. The summed E-state index contributed by atoms with van der Waals surface area (Å²) in [5, 5.41) is 3.53. The minimum atomic E-state index is 0.818. The van der Waals surface area contributed by atoms with E-state index in [1.54, 1.807) is 0 Å². The Morgan fingerprint density at radius 3 is 2.26 bits per heavy atom. The SMILES string of the molecule is CCCCCNCc1ccc(-c2ccc(CC)cc2)c(-c2ccccc2)n1. The van der Waals surface area contributed by atoms with E-state index in [2.05, 4.69) is 85.9 Å². The molecule has 3 rings (SSSR count). The first-order valence-electron chi connectivity index (χ1n) is 10.2. The van der Waals surface area contributed by atoms with Gasteiger partial charge in [-0.05, 0) is 36.6 Å². The monoisotopic (exact) mass is 358 g/mol. The summed E-state index contributed by atoms with van der Waals surface area (Å²) in [5.74, 6) is 0. The number of aromatic nitrogens is 1. The number of hydrogen-bond donors (Lipinski definition) is 1. The molecule has 0 fully saturated rings. The molecule has 2 nitrogen and oxygen atoms in total. The standard InChI is InChI=1S/C25H30N2/c1-3-5-9-18-26-19-23-16-17-24(21-14-12-20(4-2)13-15-21)25(27-23)22-10-7-6-8-11-22/h6-8,10-17,26H,3-5,9,18-19H2,1-2H3. The lowest BCUT2D eigenvalue weighted by Gasteiger charge is -2.13. The zero-order chi connectivity index (χ0) is 18.9. The van der Waals surface area contributed by atoms with Crippen molar-refractivity contribution in [2.24, 2.45) is 0 Å². The van der Waals surface area contributed by atoms with Crippen molar-refractivity contribution >= 4 is 0 Å². The van der Waals surface area contributed by atoms with E-state index >= 15 is 0 Å². The van der Waals surface area contributed by atoms with Gasteiger partial charge >= 0.3 is 0 Å². The van der Waals surface area contributed by atoms with Crippen LogP contribution in [0.25, 0.3) is 22.4 Å². The van der Waals surface area contributed by atoms with Crippen molar-refractivity contribution < 1.29 is 0 Å². The van der Waals surface area contributed by atoms with Crippen LogP contribution in [0.1, 0.15) is 44.4 Å². The van der Waals surface area contributed by atoms with Crippen molar-refractivity contribution in [3.63, 3.8) is 0 Å². The summed E-state index contributed by atoms with van der Waals surface area (Å²) < 4.78 is 0. The van der Waals surface area contributed by atoms with Crippen LogP contribution in [0.3, 0.4) is 0 Å². The van der Waals surface area contributed by atoms with Gasteiger partial charge in [-0.25, -0.2) is 0 Å². The highest BCUT2D eigenvalue weighted by molar-refractivity contribution is 5.80. The minimum Gasteiger partial charge on any atom is -0.311 e. The fourth-order valence-corrected chi connectivity index (χ4v) is 3.28. The Morgan fingerprint density at radius 2 is 1.56 bits per heavy atom. The zero-order valence-electron chi connectivity index (χ0n) is 16.5. The van der Waals surface area contributed by atoms with Crippen molar-refractivity contribution in [3.8, 4) is 22.4 Å². The maximum Gasteiger partial charge on any atom is 0.0784 e. The quantitative estimate of drug-likeness (QED) is 0.457. The van der Waals surface area contributed by atoms with Gasteiger partial charge < -0.3 is 5.32 Å². The molecule has 0 amide bonds. The molecular weight excluding hydrogens is 328 g/mol. The molecule has 3 aromatic rings. The number of rotatable bonds is 9. The van der Waals surface area contributed by atoms with E-state index in [0.717, 1.165) is 30.9 Å². The molecule has 0 bridgehead atoms. The third-order valence-corrected chi connectivity index (χ3v) is 4.94. The van der Waals surface area contributed by atoms with Gasteiger partial charge in [0.15, 0.2) is 0 Å². The smallest absolute Gasteiger partial charge is 0.0784 e. The average Bonchev–Trinajstić information content (AvgIpc) is 2.74. The summed E-state index contributed by atoms with van der Waals surface area (Å²) in [7, 11) is 0. The van der Waals surface area contributed by atoms with Crippen LogP contribution in [0.15, 0.2) is 66.7 Å². The lowest BCUT2D eigenvalue weighted by molar-refractivity contribution is 0.611. The molecule has 1 N–H and O–H groups in total. The van der Waals surface area contributed by atoms with Crippen LogP contribution in [-0.2, 0) is 13.0 Å². The Hall–Kier alpha value is -2.45. The van der Waals surface area contributed by atoms with Crippen molar-refractivity contribution in [2.75, 3.05) is 6.54 Å². The molecule has 0 atom stereocenters. The molecule has 140 valence electrons. The molecule has 0 unspecified atom stereocenters. The number of nitrogens with one attached hydrogen (secondary N) is 1. The fraction of sp³-hybridized carbons (Fsp3) is 0.320. The fourth-order valence-electron chi connectivity index (χ4n) is 3.28. The van der Waals surface area contributed by atoms with Gasteiger partial charge in [-0.2, -0.15) is 0 Å². The van der Waals surface area contributed by atoms with E-state index in [4.69, 9.17) is 4.98 Å². The van der Waals surface area contributed by atoms with Crippen LogP contribution in [-0.4, -0.2) is 11.5 Å². The second-order valence-electron chi connectivity index (χ2n) is 7.00. The number of hydrogen-bond acceptors (Lipinski definition) is 2. The largest absolute Gasteiger partial charge is 0.311 e. The van der Waals surface area contributed by atoms with E-state index in [0.29, 0.717) is 0 Å². The van der Waals surface area contributed by atoms with Crippen LogP contribution in [0.5, 0.6) is 0 Å². The molecule has 2 heteroatoms. The number of pyridine rings is 1. The summed E-state index contributed by atoms with van der Waals surface area (Å²) in [4.78, 5) is 5.02. The molecule has 0 saturated carbocycles. The molecule has 0 spiro atoms. The second kappa shape index (κ2) is 10.0. The Morgan fingerprint density at radius 1 is 0.778 bits per heavy atom. The predicted octanol–water partition coefficient (Wildman–Crippen LogP) is 6.26. The Labute approximate surface area is 163 Å². The van der Waals surface area contributed by atoms with Crippen LogP contribution < -0.4 is 5.32 Å². The average molecular weight is 359 g/mol. The first kappa shape index (κ1) is 19.3. The number of unbranched alkanes of at least 4 members (excludes halogenated alkanes) is 2. The van der Waals surface area contributed by atoms with Crippen molar-refractivity contribution in [2.45, 2.75) is 46.1 Å². The van der Waals surface area contributed by atoms with E-state index in [-0.39, 0.29) is 0 Å². The van der Waals surface area contributed by atoms with Crippen molar-refractivity contribution in [1.82, 2.24) is 10.3 Å². The number of nitrogens with zero attached hydrogens (tertiary/aromatic N) is 1. The van der Waals surface area contributed by atoms with Gasteiger partial charge in [-0.1, -0.05) is 87.4 Å². The van der Waals surface area contributed by atoms with E-state index < -0.39 is 0 Å². The first-order chi connectivity index (χ1) is 13.3. The van der Waals surface area contributed by atoms with Gasteiger partial charge in [0.25, 0.3) is 0 Å². The van der Waals surface area contributed by atoms with Crippen LogP contribution in [0.4, 0.5) is 0 Å². The molecule has 0 radical (unpaired) electrons. The second-order valence-corrected chi connectivity index (χ2v) is 7.00.